The molecule has 2 aliphatic rings. The van der Waals surface area contributed by atoms with Crippen molar-refractivity contribution in [1.29, 1.82) is 0 Å². The molecule has 92 valence electrons. The molecular formula is C12H21NO3. The van der Waals surface area contributed by atoms with Crippen LogP contribution in [0, 0.1) is 5.41 Å². The number of ether oxygens (including phenoxy) is 1. The second-order valence-electron chi connectivity index (χ2n) is 5.27. The number of esters is 1. The number of aliphatic hydroxyl groups is 1. The van der Waals surface area contributed by atoms with Gasteiger partial charge >= 0.3 is 5.97 Å². The number of rotatable bonds is 1. The standard InChI is InChI=1S/C12H21NO3/c1-16-10(14)12(15)4-2-11(3-5-12)6-8-13-9-7-11/h13,15H,2-9H2,1H3. The van der Waals surface area contributed by atoms with Crippen LogP contribution in [0.25, 0.3) is 0 Å². The average Bonchev–Trinajstić information content (AvgIpc) is 2.34. The molecular weight excluding hydrogens is 206 g/mol. The van der Waals surface area contributed by atoms with Gasteiger partial charge in [-0.2, -0.15) is 0 Å². The molecule has 1 aliphatic carbocycles. The third kappa shape index (κ3) is 2.09. The highest BCUT2D eigenvalue weighted by Gasteiger charge is 2.46. The van der Waals surface area contributed by atoms with Gasteiger partial charge in [-0.3, -0.25) is 0 Å². The summed E-state index contributed by atoms with van der Waals surface area (Å²) in [5.41, 5.74) is -0.851. The first-order chi connectivity index (χ1) is 7.60. The molecule has 0 unspecified atom stereocenters. The smallest absolute Gasteiger partial charge is 0.337 e. The summed E-state index contributed by atoms with van der Waals surface area (Å²) in [6.45, 7) is 2.13. The fourth-order valence-electron chi connectivity index (χ4n) is 3.05. The number of nitrogens with one attached hydrogen (secondary N) is 1. The lowest BCUT2D eigenvalue weighted by atomic mass is 9.64. The molecule has 0 atom stereocenters. The molecule has 0 bridgehead atoms. The zero-order valence-corrected chi connectivity index (χ0v) is 9.92. The van der Waals surface area contributed by atoms with E-state index in [1.165, 1.54) is 20.0 Å². The molecule has 1 heterocycles. The maximum atomic E-state index is 11.5. The van der Waals surface area contributed by atoms with E-state index in [4.69, 9.17) is 0 Å². The van der Waals surface area contributed by atoms with E-state index in [1.54, 1.807) is 0 Å². The molecule has 0 aromatic heterocycles. The Morgan fingerprint density at radius 1 is 1.12 bits per heavy atom. The van der Waals surface area contributed by atoms with Gasteiger partial charge in [0.05, 0.1) is 7.11 Å². The maximum absolute atomic E-state index is 11.5. The van der Waals surface area contributed by atoms with Crippen LogP contribution in [0.5, 0.6) is 0 Å². The molecule has 0 amide bonds. The Bertz CT molecular complexity index is 261. The number of hydrogen-bond donors (Lipinski definition) is 2. The predicted octanol–water partition coefficient (Wildman–Crippen LogP) is 0.834. The van der Waals surface area contributed by atoms with Crippen LogP contribution in [0.3, 0.4) is 0 Å². The Morgan fingerprint density at radius 2 is 1.69 bits per heavy atom. The van der Waals surface area contributed by atoms with E-state index in [-0.39, 0.29) is 0 Å². The normalized spacial score (nSPS) is 27.6. The first-order valence-electron chi connectivity index (χ1n) is 6.12. The summed E-state index contributed by atoms with van der Waals surface area (Å²) in [5, 5.41) is 13.5. The quantitative estimate of drug-likeness (QED) is 0.652. The zero-order chi connectivity index (χ0) is 11.6. The molecule has 1 saturated heterocycles. The second-order valence-corrected chi connectivity index (χ2v) is 5.27. The van der Waals surface area contributed by atoms with E-state index < -0.39 is 11.6 Å². The summed E-state index contributed by atoms with van der Waals surface area (Å²) in [4.78, 5) is 11.5. The lowest BCUT2D eigenvalue weighted by molar-refractivity contribution is -0.169. The predicted molar refractivity (Wildman–Crippen MR) is 60.0 cm³/mol. The maximum Gasteiger partial charge on any atom is 0.337 e. The average molecular weight is 227 g/mol. The van der Waals surface area contributed by atoms with Crippen LogP contribution in [0.1, 0.15) is 38.5 Å². The van der Waals surface area contributed by atoms with Crippen molar-refractivity contribution in [2.45, 2.75) is 44.1 Å². The highest BCUT2D eigenvalue weighted by molar-refractivity contribution is 5.79. The van der Waals surface area contributed by atoms with Crippen LogP contribution in [0.15, 0.2) is 0 Å². The fraction of sp³-hybridized carbons (Fsp3) is 0.917. The highest BCUT2D eigenvalue weighted by atomic mass is 16.5. The molecule has 2 rings (SSSR count). The minimum absolute atomic E-state index is 0.367. The topological polar surface area (TPSA) is 58.6 Å². The van der Waals surface area contributed by atoms with E-state index in [0.717, 1.165) is 25.9 Å². The van der Waals surface area contributed by atoms with Gasteiger partial charge in [-0.25, -0.2) is 4.79 Å². The van der Waals surface area contributed by atoms with Gasteiger partial charge in [-0.1, -0.05) is 0 Å². The van der Waals surface area contributed by atoms with Crippen molar-refractivity contribution in [2.75, 3.05) is 20.2 Å². The minimum atomic E-state index is -1.22. The number of hydrogen-bond acceptors (Lipinski definition) is 4. The summed E-state index contributed by atoms with van der Waals surface area (Å²) in [6, 6.07) is 0. The molecule has 1 spiro atoms. The first kappa shape index (κ1) is 11.9. The van der Waals surface area contributed by atoms with Crippen LogP contribution in [0.2, 0.25) is 0 Å². The molecule has 0 aromatic carbocycles. The van der Waals surface area contributed by atoms with Gasteiger partial charge in [0.2, 0.25) is 0 Å². The summed E-state index contributed by atoms with van der Waals surface area (Å²) < 4.78 is 4.67. The summed E-state index contributed by atoms with van der Waals surface area (Å²) in [6.07, 6.45) is 5.34. The number of piperidine rings is 1. The summed E-state index contributed by atoms with van der Waals surface area (Å²) in [7, 11) is 1.34. The van der Waals surface area contributed by atoms with E-state index >= 15 is 0 Å². The first-order valence-corrected chi connectivity index (χ1v) is 6.12. The van der Waals surface area contributed by atoms with Gasteiger partial charge < -0.3 is 15.2 Å². The third-order valence-corrected chi connectivity index (χ3v) is 4.37. The number of carbonyl (C=O) groups is 1. The van der Waals surface area contributed by atoms with Crippen molar-refractivity contribution in [2.24, 2.45) is 5.41 Å². The van der Waals surface area contributed by atoms with Gasteiger partial charge in [0.15, 0.2) is 5.60 Å². The van der Waals surface area contributed by atoms with Crippen molar-refractivity contribution in [3.8, 4) is 0 Å². The number of methoxy groups -OCH3 is 1. The van der Waals surface area contributed by atoms with Crippen LogP contribution in [-0.2, 0) is 9.53 Å². The second kappa shape index (κ2) is 4.34. The molecule has 0 radical (unpaired) electrons. The molecule has 4 nitrogen and oxygen atoms in total. The Labute approximate surface area is 96.4 Å². The van der Waals surface area contributed by atoms with Gasteiger partial charge in [-0.05, 0) is 57.0 Å². The SMILES string of the molecule is COC(=O)C1(O)CCC2(CCNCC2)CC1. The van der Waals surface area contributed by atoms with Crippen molar-refractivity contribution in [3.63, 3.8) is 0 Å². The summed E-state index contributed by atoms with van der Waals surface area (Å²) >= 11 is 0. The van der Waals surface area contributed by atoms with E-state index in [1.807, 2.05) is 0 Å². The summed E-state index contributed by atoms with van der Waals surface area (Å²) in [5.74, 6) is -0.462. The third-order valence-electron chi connectivity index (χ3n) is 4.37. The molecule has 0 aromatic rings. The van der Waals surface area contributed by atoms with Gasteiger partial charge in [-0.15, -0.1) is 0 Å². The lowest BCUT2D eigenvalue weighted by Gasteiger charge is -2.45. The Balaban J connectivity index is 1.97. The molecule has 1 saturated carbocycles. The van der Waals surface area contributed by atoms with Crippen LogP contribution in [-0.4, -0.2) is 36.9 Å². The Morgan fingerprint density at radius 3 is 2.19 bits per heavy atom. The highest BCUT2D eigenvalue weighted by Crippen LogP contribution is 2.46. The number of carbonyl (C=O) groups excluding carboxylic acids is 1. The van der Waals surface area contributed by atoms with E-state index in [0.29, 0.717) is 18.3 Å². The van der Waals surface area contributed by atoms with Crippen molar-refractivity contribution in [3.05, 3.63) is 0 Å². The van der Waals surface area contributed by atoms with Gasteiger partial charge in [0.1, 0.15) is 0 Å². The minimum Gasteiger partial charge on any atom is -0.467 e. The molecule has 2 N–H and O–H groups in total. The van der Waals surface area contributed by atoms with E-state index in [2.05, 4.69) is 10.1 Å². The molecule has 4 heteroatoms. The van der Waals surface area contributed by atoms with Gasteiger partial charge in [0.25, 0.3) is 0 Å². The largest absolute Gasteiger partial charge is 0.467 e. The van der Waals surface area contributed by atoms with E-state index in [9.17, 15) is 9.90 Å². The lowest BCUT2D eigenvalue weighted by Crippen LogP contribution is -2.48. The molecule has 2 fully saturated rings. The Hall–Kier alpha value is -0.610. The molecule has 16 heavy (non-hydrogen) atoms. The van der Waals surface area contributed by atoms with Crippen LogP contribution in [0.4, 0.5) is 0 Å². The van der Waals surface area contributed by atoms with Crippen molar-refractivity contribution >= 4 is 5.97 Å². The van der Waals surface area contributed by atoms with Crippen molar-refractivity contribution in [1.82, 2.24) is 5.32 Å². The van der Waals surface area contributed by atoms with Crippen molar-refractivity contribution < 1.29 is 14.6 Å². The van der Waals surface area contributed by atoms with Gasteiger partial charge in [0, 0.05) is 0 Å². The zero-order valence-electron chi connectivity index (χ0n) is 9.92. The van der Waals surface area contributed by atoms with Crippen LogP contribution < -0.4 is 5.32 Å². The fourth-order valence-corrected chi connectivity index (χ4v) is 3.05. The monoisotopic (exact) mass is 227 g/mol. The van der Waals surface area contributed by atoms with Crippen LogP contribution >= 0.6 is 0 Å². The molecule has 1 aliphatic heterocycles. The Kier molecular flexibility index (Phi) is 3.22.